The summed E-state index contributed by atoms with van der Waals surface area (Å²) in [5.74, 6) is 0.456. The lowest BCUT2D eigenvalue weighted by Gasteiger charge is -2.32. The Kier molecular flexibility index (Phi) is 5.23. The van der Waals surface area contributed by atoms with Gasteiger partial charge in [0.25, 0.3) is 5.91 Å². The van der Waals surface area contributed by atoms with E-state index >= 15 is 0 Å². The number of hydrogen-bond donors (Lipinski definition) is 2. The SMILES string of the molecule is CCN1C(=O)COc2cc3c(cc21)NC(=O)CC3c1cc2n(n1)CCCNC2.Cl. The van der Waals surface area contributed by atoms with Crippen molar-refractivity contribution in [3.8, 4) is 5.75 Å². The summed E-state index contributed by atoms with van der Waals surface area (Å²) >= 11 is 0. The number of fused-ring (bicyclic) bond motifs is 3. The van der Waals surface area contributed by atoms with Crippen molar-refractivity contribution in [2.24, 2.45) is 0 Å². The number of aryl methyl sites for hydroxylation is 1. The molecular weight excluding hydrogens is 394 g/mol. The molecular formula is C20H24ClN5O3. The van der Waals surface area contributed by atoms with Crippen LogP contribution in [0.5, 0.6) is 5.75 Å². The van der Waals surface area contributed by atoms with Crippen LogP contribution in [-0.4, -0.2) is 41.3 Å². The zero-order valence-corrected chi connectivity index (χ0v) is 17.1. The van der Waals surface area contributed by atoms with Crippen LogP contribution in [0.2, 0.25) is 0 Å². The number of benzene rings is 1. The van der Waals surface area contributed by atoms with E-state index in [1.165, 1.54) is 0 Å². The van der Waals surface area contributed by atoms with Crippen molar-refractivity contribution in [3.05, 3.63) is 35.2 Å². The first kappa shape index (κ1) is 19.7. The van der Waals surface area contributed by atoms with Crippen LogP contribution in [0.15, 0.2) is 18.2 Å². The van der Waals surface area contributed by atoms with Crippen molar-refractivity contribution in [1.29, 1.82) is 0 Å². The number of aromatic nitrogens is 2. The number of carbonyl (C=O) groups excluding carboxylic acids is 2. The Labute approximate surface area is 175 Å². The smallest absolute Gasteiger partial charge is 0.265 e. The van der Waals surface area contributed by atoms with Gasteiger partial charge < -0.3 is 20.3 Å². The van der Waals surface area contributed by atoms with E-state index in [4.69, 9.17) is 9.84 Å². The lowest BCUT2D eigenvalue weighted by Crippen LogP contribution is -2.39. The molecule has 2 aromatic rings. The van der Waals surface area contributed by atoms with Gasteiger partial charge in [-0.2, -0.15) is 5.10 Å². The number of amides is 2. The molecule has 0 bridgehead atoms. The molecule has 1 aromatic carbocycles. The van der Waals surface area contributed by atoms with Gasteiger partial charge in [-0.25, -0.2) is 0 Å². The standard InChI is InChI=1S/C20H23N5O3.ClH/c1-2-24-17-9-15-13(7-18(17)28-11-20(24)27)14(8-19(26)22-15)16-6-12-10-21-4-3-5-25(12)23-16;/h6-7,9,14,21H,2-5,8,10-11H2,1H3,(H,22,26);1H. The minimum absolute atomic E-state index is 0. The number of anilines is 2. The van der Waals surface area contributed by atoms with E-state index in [2.05, 4.69) is 16.7 Å². The van der Waals surface area contributed by atoms with E-state index in [-0.39, 0.29) is 36.7 Å². The molecule has 4 heterocycles. The van der Waals surface area contributed by atoms with E-state index in [0.29, 0.717) is 24.4 Å². The summed E-state index contributed by atoms with van der Waals surface area (Å²) in [5.41, 5.74) is 4.50. The second kappa shape index (κ2) is 7.68. The molecule has 3 aliphatic heterocycles. The maximum atomic E-state index is 12.4. The maximum absolute atomic E-state index is 12.4. The number of rotatable bonds is 2. The van der Waals surface area contributed by atoms with Gasteiger partial charge in [-0.3, -0.25) is 14.3 Å². The molecule has 2 amide bonds. The second-order valence-electron chi connectivity index (χ2n) is 7.45. The van der Waals surface area contributed by atoms with Crippen LogP contribution < -0.4 is 20.3 Å². The molecule has 154 valence electrons. The quantitative estimate of drug-likeness (QED) is 0.780. The van der Waals surface area contributed by atoms with Crippen molar-refractivity contribution in [1.82, 2.24) is 15.1 Å². The molecule has 0 saturated heterocycles. The van der Waals surface area contributed by atoms with Gasteiger partial charge in [0.15, 0.2) is 6.61 Å². The molecule has 29 heavy (non-hydrogen) atoms. The van der Waals surface area contributed by atoms with Crippen LogP contribution >= 0.6 is 12.4 Å². The molecule has 8 nitrogen and oxygen atoms in total. The second-order valence-corrected chi connectivity index (χ2v) is 7.45. The molecule has 5 rings (SSSR count). The normalized spacial score (nSPS) is 20.4. The largest absolute Gasteiger partial charge is 0.482 e. The third-order valence-electron chi connectivity index (χ3n) is 5.70. The average Bonchev–Trinajstić information content (AvgIpc) is 2.96. The number of likely N-dealkylation sites (N-methyl/N-ethyl adjacent to an activating group) is 1. The van der Waals surface area contributed by atoms with Crippen LogP contribution in [0.4, 0.5) is 11.4 Å². The molecule has 1 aromatic heterocycles. The number of nitrogens with one attached hydrogen (secondary N) is 2. The fourth-order valence-electron chi connectivity index (χ4n) is 4.32. The molecule has 0 spiro atoms. The molecule has 0 aliphatic carbocycles. The lowest BCUT2D eigenvalue weighted by atomic mass is 9.87. The number of carbonyl (C=O) groups is 2. The number of ether oxygens (including phenoxy) is 1. The van der Waals surface area contributed by atoms with Gasteiger partial charge in [0.1, 0.15) is 5.75 Å². The molecule has 1 atom stereocenters. The first-order chi connectivity index (χ1) is 13.6. The highest BCUT2D eigenvalue weighted by Gasteiger charge is 2.33. The highest BCUT2D eigenvalue weighted by Crippen LogP contribution is 2.44. The van der Waals surface area contributed by atoms with Crippen molar-refractivity contribution < 1.29 is 14.3 Å². The summed E-state index contributed by atoms with van der Waals surface area (Å²) in [4.78, 5) is 26.3. The predicted octanol–water partition coefficient (Wildman–Crippen LogP) is 2.02. The van der Waals surface area contributed by atoms with Crippen LogP contribution in [0.25, 0.3) is 0 Å². The Hall–Kier alpha value is -2.58. The van der Waals surface area contributed by atoms with Crippen LogP contribution in [-0.2, 0) is 22.7 Å². The zero-order chi connectivity index (χ0) is 19.3. The van der Waals surface area contributed by atoms with Gasteiger partial charge in [-0.1, -0.05) is 0 Å². The zero-order valence-electron chi connectivity index (χ0n) is 16.2. The Morgan fingerprint density at radius 2 is 2.14 bits per heavy atom. The van der Waals surface area contributed by atoms with Crippen LogP contribution in [0.3, 0.4) is 0 Å². The van der Waals surface area contributed by atoms with Crippen molar-refractivity contribution in [2.75, 3.05) is 29.9 Å². The summed E-state index contributed by atoms with van der Waals surface area (Å²) in [6.45, 7) is 5.20. The van der Waals surface area contributed by atoms with Gasteiger partial charge in [-0.15, -0.1) is 12.4 Å². The third-order valence-corrected chi connectivity index (χ3v) is 5.70. The van der Waals surface area contributed by atoms with Gasteiger partial charge in [0.2, 0.25) is 5.91 Å². The molecule has 1 unspecified atom stereocenters. The fraction of sp³-hybridized carbons (Fsp3) is 0.450. The Bertz CT molecular complexity index is 950. The lowest BCUT2D eigenvalue weighted by molar-refractivity contribution is -0.121. The number of hydrogen-bond acceptors (Lipinski definition) is 5. The Balaban J connectivity index is 0.00000205. The van der Waals surface area contributed by atoms with Gasteiger partial charge >= 0.3 is 0 Å². The molecule has 3 aliphatic rings. The van der Waals surface area contributed by atoms with E-state index in [1.807, 2.05) is 23.7 Å². The topological polar surface area (TPSA) is 88.5 Å². The minimum Gasteiger partial charge on any atom is -0.482 e. The van der Waals surface area contributed by atoms with E-state index in [9.17, 15) is 9.59 Å². The van der Waals surface area contributed by atoms with Crippen LogP contribution in [0, 0.1) is 0 Å². The van der Waals surface area contributed by atoms with Gasteiger partial charge in [0, 0.05) is 37.7 Å². The molecule has 0 fully saturated rings. The Morgan fingerprint density at radius 1 is 1.28 bits per heavy atom. The third kappa shape index (κ3) is 3.36. The van der Waals surface area contributed by atoms with Crippen molar-refractivity contribution >= 4 is 35.6 Å². The Morgan fingerprint density at radius 3 is 2.97 bits per heavy atom. The van der Waals surface area contributed by atoms with E-state index in [1.54, 1.807) is 4.90 Å². The first-order valence-corrected chi connectivity index (χ1v) is 9.82. The molecule has 2 N–H and O–H groups in total. The minimum atomic E-state index is -0.121. The van der Waals surface area contributed by atoms with Gasteiger partial charge in [-0.05, 0) is 43.7 Å². The maximum Gasteiger partial charge on any atom is 0.265 e. The van der Waals surface area contributed by atoms with Crippen molar-refractivity contribution in [2.45, 2.75) is 38.8 Å². The van der Waals surface area contributed by atoms with Gasteiger partial charge in [0.05, 0.1) is 17.1 Å². The average molecular weight is 418 g/mol. The summed E-state index contributed by atoms with van der Waals surface area (Å²) in [6.07, 6.45) is 1.39. The molecule has 9 heteroatoms. The molecule has 0 saturated carbocycles. The summed E-state index contributed by atoms with van der Waals surface area (Å²) in [5, 5.41) is 11.2. The summed E-state index contributed by atoms with van der Waals surface area (Å²) in [7, 11) is 0. The first-order valence-electron chi connectivity index (χ1n) is 9.82. The van der Waals surface area contributed by atoms with E-state index in [0.717, 1.165) is 48.7 Å². The van der Waals surface area contributed by atoms with E-state index < -0.39 is 0 Å². The molecule has 0 radical (unpaired) electrons. The summed E-state index contributed by atoms with van der Waals surface area (Å²) in [6, 6.07) is 5.93. The monoisotopic (exact) mass is 417 g/mol. The van der Waals surface area contributed by atoms with Crippen LogP contribution in [0.1, 0.15) is 42.6 Å². The highest BCUT2D eigenvalue weighted by molar-refractivity contribution is 6.01. The predicted molar refractivity (Wildman–Crippen MR) is 111 cm³/mol. The van der Waals surface area contributed by atoms with Crippen molar-refractivity contribution in [3.63, 3.8) is 0 Å². The summed E-state index contributed by atoms with van der Waals surface area (Å²) < 4.78 is 7.75. The number of halogens is 1. The highest BCUT2D eigenvalue weighted by atomic mass is 35.5. The number of nitrogens with zero attached hydrogens (tertiary/aromatic N) is 3. The fourth-order valence-corrected chi connectivity index (χ4v) is 4.32.